The molecular formula is C12H16N2S. The Kier molecular flexibility index (Phi) is 4.84. The van der Waals surface area contributed by atoms with Gasteiger partial charge in [0.2, 0.25) is 0 Å². The zero-order valence-corrected chi connectivity index (χ0v) is 9.68. The number of benzene rings is 1. The molecule has 0 radical (unpaired) electrons. The topological polar surface area (TPSA) is 24.1 Å². The van der Waals surface area contributed by atoms with E-state index >= 15 is 0 Å². The molecule has 80 valence electrons. The van der Waals surface area contributed by atoms with E-state index in [1.54, 1.807) is 6.08 Å². The maximum Gasteiger partial charge on any atom is 0.167 e. The molecule has 0 heterocycles. The Hall–Kier alpha value is -1.35. The molecule has 3 heteroatoms. The zero-order valence-electron chi connectivity index (χ0n) is 8.86. The van der Waals surface area contributed by atoms with Crippen LogP contribution in [0.4, 0.5) is 0 Å². The number of thiocarbonyl (C=S) groups is 1. The Morgan fingerprint density at radius 1 is 1.47 bits per heavy atom. The molecule has 0 aliphatic carbocycles. The van der Waals surface area contributed by atoms with Gasteiger partial charge in [-0.25, -0.2) is 0 Å². The fourth-order valence-electron chi connectivity index (χ4n) is 1.24. The standard InChI is InChI=1S/C12H16N2S/c1-3-9-13-12(15)14-10(2)11-7-5-4-6-8-11/h3-8,10H,1,9H2,2H3,(H2,13,14,15)/t10-/m0/s1. The van der Waals surface area contributed by atoms with E-state index in [4.69, 9.17) is 12.2 Å². The lowest BCUT2D eigenvalue weighted by atomic mass is 10.1. The number of hydrogen-bond donors (Lipinski definition) is 2. The second kappa shape index (κ2) is 6.19. The Bertz CT molecular complexity index is 322. The van der Waals surface area contributed by atoms with Crippen LogP contribution in [0.15, 0.2) is 43.0 Å². The average molecular weight is 220 g/mol. The van der Waals surface area contributed by atoms with Crippen molar-refractivity contribution < 1.29 is 0 Å². The molecule has 1 aromatic rings. The molecule has 1 atom stereocenters. The molecule has 1 aromatic carbocycles. The third kappa shape index (κ3) is 4.13. The third-order valence-electron chi connectivity index (χ3n) is 2.05. The molecule has 0 saturated carbocycles. The van der Waals surface area contributed by atoms with Gasteiger partial charge in [0.1, 0.15) is 0 Å². The smallest absolute Gasteiger partial charge is 0.167 e. The van der Waals surface area contributed by atoms with Crippen LogP contribution in [0.3, 0.4) is 0 Å². The predicted octanol–water partition coefficient (Wildman–Crippen LogP) is 2.40. The van der Waals surface area contributed by atoms with E-state index in [1.165, 1.54) is 5.56 Å². The van der Waals surface area contributed by atoms with Gasteiger partial charge in [0.25, 0.3) is 0 Å². The average Bonchev–Trinajstić information content (AvgIpc) is 2.27. The number of hydrogen-bond acceptors (Lipinski definition) is 1. The van der Waals surface area contributed by atoms with Gasteiger partial charge in [-0.1, -0.05) is 36.4 Å². The second-order valence-electron chi connectivity index (χ2n) is 3.28. The van der Waals surface area contributed by atoms with Crippen LogP contribution in [0.5, 0.6) is 0 Å². The molecule has 0 unspecified atom stereocenters. The first kappa shape index (κ1) is 11.7. The van der Waals surface area contributed by atoms with Crippen molar-refractivity contribution in [2.24, 2.45) is 0 Å². The van der Waals surface area contributed by atoms with Crippen LogP contribution in [-0.2, 0) is 0 Å². The quantitative estimate of drug-likeness (QED) is 0.602. The molecule has 0 saturated heterocycles. The highest BCUT2D eigenvalue weighted by Gasteiger charge is 2.04. The molecule has 0 spiro atoms. The van der Waals surface area contributed by atoms with Gasteiger partial charge >= 0.3 is 0 Å². The maximum atomic E-state index is 5.13. The first-order valence-electron chi connectivity index (χ1n) is 4.94. The Morgan fingerprint density at radius 3 is 2.73 bits per heavy atom. The molecule has 0 aromatic heterocycles. The molecule has 0 fully saturated rings. The van der Waals surface area contributed by atoms with E-state index in [0.29, 0.717) is 11.7 Å². The summed E-state index contributed by atoms with van der Waals surface area (Å²) in [5.41, 5.74) is 1.22. The lowest BCUT2D eigenvalue weighted by molar-refractivity contribution is 0.705. The van der Waals surface area contributed by atoms with Crippen molar-refractivity contribution in [1.29, 1.82) is 0 Å². The highest BCUT2D eigenvalue weighted by Crippen LogP contribution is 2.10. The van der Waals surface area contributed by atoms with Crippen LogP contribution >= 0.6 is 12.2 Å². The fraction of sp³-hybridized carbons (Fsp3) is 0.250. The van der Waals surface area contributed by atoms with Gasteiger partial charge in [0.05, 0.1) is 6.04 Å². The Morgan fingerprint density at radius 2 is 2.13 bits per heavy atom. The van der Waals surface area contributed by atoms with E-state index < -0.39 is 0 Å². The van der Waals surface area contributed by atoms with E-state index in [0.717, 1.165) is 0 Å². The first-order chi connectivity index (χ1) is 7.24. The maximum absolute atomic E-state index is 5.13. The summed E-state index contributed by atoms with van der Waals surface area (Å²) in [6, 6.07) is 10.4. The molecule has 0 aliphatic heterocycles. The normalized spacial score (nSPS) is 11.5. The van der Waals surface area contributed by atoms with Crippen molar-refractivity contribution in [1.82, 2.24) is 10.6 Å². The van der Waals surface area contributed by atoms with Crippen LogP contribution in [-0.4, -0.2) is 11.7 Å². The van der Waals surface area contributed by atoms with Crippen molar-refractivity contribution in [3.63, 3.8) is 0 Å². The van der Waals surface area contributed by atoms with Crippen molar-refractivity contribution >= 4 is 17.3 Å². The SMILES string of the molecule is C=CCNC(=S)N[C@@H](C)c1ccccc1. The zero-order chi connectivity index (χ0) is 11.1. The second-order valence-corrected chi connectivity index (χ2v) is 3.68. The first-order valence-corrected chi connectivity index (χ1v) is 5.35. The monoisotopic (exact) mass is 220 g/mol. The van der Waals surface area contributed by atoms with Gasteiger partial charge < -0.3 is 10.6 Å². The summed E-state index contributed by atoms with van der Waals surface area (Å²) in [6.45, 7) is 6.39. The summed E-state index contributed by atoms with van der Waals surface area (Å²) in [7, 11) is 0. The van der Waals surface area contributed by atoms with Gasteiger partial charge in [-0.15, -0.1) is 6.58 Å². The van der Waals surface area contributed by atoms with Gasteiger partial charge in [-0.3, -0.25) is 0 Å². The molecule has 15 heavy (non-hydrogen) atoms. The van der Waals surface area contributed by atoms with Gasteiger partial charge in [0, 0.05) is 6.54 Å². The van der Waals surface area contributed by atoms with Crippen LogP contribution in [0, 0.1) is 0 Å². The van der Waals surface area contributed by atoms with Gasteiger partial charge in [0.15, 0.2) is 5.11 Å². The third-order valence-corrected chi connectivity index (χ3v) is 2.32. The lowest BCUT2D eigenvalue weighted by Gasteiger charge is -2.16. The van der Waals surface area contributed by atoms with Gasteiger partial charge in [-0.2, -0.15) is 0 Å². The minimum absolute atomic E-state index is 0.219. The lowest BCUT2D eigenvalue weighted by Crippen LogP contribution is -2.36. The van der Waals surface area contributed by atoms with E-state index in [-0.39, 0.29) is 6.04 Å². The van der Waals surface area contributed by atoms with E-state index in [9.17, 15) is 0 Å². The van der Waals surface area contributed by atoms with Crippen LogP contribution in [0.1, 0.15) is 18.5 Å². The highest BCUT2D eigenvalue weighted by molar-refractivity contribution is 7.80. The molecular weight excluding hydrogens is 204 g/mol. The summed E-state index contributed by atoms with van der Waals surface area (Å²) in [4.78, 5) is 0. The molecule has 2 nitrogen and oxygen atoms in total. The Balaban J connectivity index is 2.45. The van der Waals surface area contributed by atoms with Crippen LogP contribution in [0.25, 0.3) is 0 Å². The van der Waals surface area contributed by atoms with Crippen molar-refractivity contribution in [3.8, 4) is 0 Å². The van der Waals surface area contributed by atoms with Crippen LogP contribution < -0.4 is 10.6 Å². The van der Waals surface area contributed by atoms with E-state index in [2.05, 4.69) is 36.3 Å². The summed E-state index contributed by atoms with van der Waals surface area (Å²) in [5.74, 6) is 0. The number of rotatable bonds is 4. The molecule has 1 rings (SSSR count). The Labute approximate surface area is 96.4 Å². The van der Waals surface area contributed by atoms with E-state index in [1.807, 2.05) is 18.2 Å². The molecule has 0 bridgehead atoms. The summed E-state index contributed by atoms with van der Waals surface area (Å²) in [6.07, 6.45) is 1.78. The van der Waals surface area contributed by atoms with Crippen molar-refractivity contribution in [2.75, 3.05) is 6.54 Å². The molecule has 2 N–H and O–H groups in total. The van der Waals surface area contributed by atoms with Crippen molar-refractivity contribution in [3.05, 3.63) is 48.6 Å². The minimum atomic E-state index is 0.219. The number of nitrogens with one attached hydrogen (secondary N) is 2. The van der Waals surface area contributed by atoms with Gasteiger partial charge in [-0.05, 0) is 24.7 Å². The minimum Gasteiger partial charge on any atom is -0.359 e. The summed E-state index contributed by atoms with van der Waals surface area (Å²) in [5, 5.41) is 6.90. The summed E-state index contributed by atoms with van der Waals surface area (Å²) < 4.78 is 0. The molecule has 0 aliphatic rings. The largest absolute Gasteiger partial charge is 0.359 e. The van der Waals surface area contributed by atoms with Crippen LogP contribution in [0.2, 0.25) is 0 Å². The summed E-state index contributed by atoms with van der Waals surface area (Å²) >= 11 is 5.13. The predicted molar refractivity (Wildman–Crippen MR) is 68.8 cm³/mol. The fourth-order valence-corrected chi connectivity index (χ4v) is 1.50. The molecule has 0 amide bonds. The highest BCUT2D eigenvalue weighted by atomic mass is 32.1. The van der Waals surface area contributed by atoms with Crippen molar-refractivity contribution in [2.45, 2.75) is 13.0 Å².